The zero-order chi connectivity index (χ0) is 19.5. The number of hydrogen-bond donors (Lipinski definition) is 1. The average molecular weight is 402 g/mol. The van der Waals surface area contributed by atoms with Crippen molar-refractivity contribution in [1.29, 1.82) is 0 Å². The summed E-state index contributed by atoms with van der Waals surface area (Å²) < 4.78 is 0. The summed E-state index contributed by atoms with van der Waals surface area (Å²) >= 11 is 0. The molecule has 0 aromatic heterocycles. The number of carbonyl (C=O) groups excluding carboxylic acids is 3. The predicted molar refractivity (Wildman–Crippen MR) is 102 cm³/mol. The van der Waals surface area contributed by atoms with Crippen molar-refractivity contribution in [2.75, 3.05) is 6.61 Å². The molecule has 9 heteroatoms. The Balaban J connectivity index is 2.41. The lowest BCUT2D eigenvalue weighted by Gasteiger charge is -2.14. The van der Waals surface area contributed by atoms with Gasteiger partial charge in [-0.3, -0.25) is 14.8 Å². The van der Waals surface area contributed by atoms with Crippen LogP contribution < -0.4 is 0 Å². The van der Waals surface area contributed by atoms with Gasteiger partial charge in [-0.15, -0.1) is 5.06 Å². The van der Waals surface area contributed by atoms with Gasteiger partial charge >= 0.3 is 5.97 Å². The minimum atomic E-state index is -0.600. The van der Waals surface area contributed by atoms with Gasteiger partial charge in [0.2, 0.25) is 0 Å². The Morgan fingerprint density at radius 1 is 1.27 bits per heavy atom. The molecule has 144 valence electrons. The van der Waals surface area contributed by atoms with Crippen LogP contribution in [0.3, 0.4) is 0 Å². The van der Waals surface area contributed by atoms with Crippen molar-refractivity contribution in [3.05, 3.63) is 35.8 Å². The first kappa shape index (κ1) is 22.5. The molecular formula is C17H23NO6S2. The lowest BCUT2D eigenvalue weighted by Crippen LogP contribution is -2.32. The topological polar surface area (TPSA) is 93.1 Å². The van der Waals surface area contributed by atoms with Crippen LogP contribution in [0.1, 0.15) is 39.0 Å². The molecule has 7 nitrogen and oxygen atoms in total. The van der Waals surface area contributed by atoms with E-state index in [4.69, 9.17) is 10.1 Å². The molecule has 0 aliphatic carbocycles. The highest BCUT2D eigenvalue weighted by atomic mass is 33.1. The van der Waals surface area contributed by atoms with Gasteiger partial charge in [0.15, 0.2) is 0 Å². The van der Waals surface area contributed by atoms with E-state index < -0.39 is 17.8 Å². The minimum absolute atomic E-state index is 0.0820. The number of nitrogens with zero attached hydrogens (tertiary/aromatic N) is 1. The maximum absolute atomic E-state index is 11.8. The zero-order valence-corrected chi connectivity index (χ0v) is 16.3. The van der Waals surface area contributed by atoms with Gasteiger partial charge < -0.3 is 4.84 Å². The van der Waals surface area contributed by atoms with Crippen LogP contribution in [0.4, 0.5) is 0 Å². The monoisotopic (exact) mass is 401 g/mol. The predicted octanol–water partition coefficient (Wildman–Crippen LogP) is 3.65. The molecule has 2 amide bonds. The highest BCUT2D eigenvalue weighted by Gasteiger charge is 2.32. The van der Waals surface area contributed by atoms with E-state index >= 15 is 0 Å². The summed E-state index contributed by atoms with van der Waals surface area (Å²) in [7, 11) is 3.05. The lowest BCUT2D eigenvalue weighted by molar-refractivity contribution is -0.241. The standard InChI is InChI=1S/C17H23NO6S2/c1-4-13(10-11-23-22)14(5-2)26-25-12(3)6-9-17(21)24-18-15(19)7-8-16(18)20/h4-5,12,22H,1-2,6-11H2,3H3/b14-13-. The summed E-state index contributed by atoms with van der Waals surface area (Å²) in [5.41, 5.74) is 0.907. The Labute approximate surface area is 160 Å². The fraction of sp³-hybridized carbons (Fsp3) is 0.471. The fourth-order valence-electron chi connectivity index (χ4n) is 2.01. The van der Waals surface area contributed by atoms with E-state index in [1.807, 2.05) is 6.92 Å². The van der Waals surface area contributed by atoms with E-state index in [0.717, 1.165) is 10.5 Å². The molecule has 0 saturated carbocycles. The Morgan fingerprint density at radius 3 is 2.46 bits per heavy atom. The van der Waals surface area contributed by atoms with E-state index in [1.165, 1.54) is 10.8 Å². The molecule has 26 heavy (non-hydrogen) atoms. The second-order valence-corrected chi connectivity index (χ2v) is 8.14. The van der Waals surface area contributed by atoms with Gasteiger partial charge in [-0.05, 0) is 12.0 Å². The summed E-state index contributed by atoms with van der Waals surface area (Å²) in [6, 6.07) is 0. The first-order chi connectivity index (χ1) is 12.4. The smallest absolute Gasteiger partial charge is 0.330 e. The van der Waals surface area contributed by atoms with Crippen LogP contribution >= 0.6 is 21.6 Å². The van der Waals surface area contributed by atoms with Crippen LogP contribution in [-0.4, -0.2) is 40.0 Å². The van der Waals surface area contributed by atoms with Crippen LogP contribution in [-0.2, 0) is 24.1 Å². The summed E-state index contributed by atoms with van der Waals surface area (Å²) in [5.74, 6) is -1.56. The number of allylic oxidation sites excluding steroid dienone is 2. The molecule has 1 aliphatic rings. The van der Waals surface area contributed by atoms with Gasteiger partial charge in [-0.2, -0.15) is 0 Å². The molecule has 0 aromatic carbocycles. The third kappa shape index (κ3) is 7.36. The number of rotatable bonds is 12. The Kier molecular flexibility index (Phi) is 10.3. The van der Waals surface area contributed by atoms with Gasteiger partial charge in [0.25, 0.3) is 11.8 Å². The molecule has 0 aromatic rings. The summed E-state index contributed by atoms with van der Waals surface area (Å²) in [5, 5.41) is 9.14. The lowest BCUT2D eigenvalue weighted by atomic mass is 10.2. The third-order valence-electron chi connectivity index (χ3n) is 3.47. The van der Waals surface area contributed by atoms with Crippen LogP contribution in [0.25, 0.3) is 0 Å². The van der Waals surface area contributed by atoms with Crippen molar-refractivity contribution in [2.45, 2.75) is 44.3 Å². The van der Waals surface area contributed by atoms with E-state index in [2.05, 4.69) is 18.0 Å². The first-order valence-electron chi connectivity index (χ1n) is 8.07. The number of amides is 2. The molecular weight excluding hydrogens is 378 g/mol. The largest absolute Gasteiger partial charge is 0.333 e. The van der Waals surface area contributed by atoms with Gasteiger partial charge in [-0.25, -0.2) is 9.68 Å². The minimum Gasteiger partial charge on any atom is -0.330 e. The Morgan fingerprint density at radius 2 is 1.92 bits per heavy atom. The summed E-state index contributed by atoms with van der Waals surface area (Å²) in [6.07, 6.45) is 4.70. The van der Waals surface area contributed by atoms with E-state index in [0.29, 0.717) is 17.9 Å². The van der Waals surface area contributed by atoms with Crippen molar-refractivity contribution in [3.8, 4) is 0 Å². The number of hydrogen-bond acceptors (Lipinski definition) is 8. The maximum atomic E-state index is 11.8. The zero-order valence-electron chi connectivity index (χ0n) is 14.6. The molecule has 1 fully saturated rings. The van der Waals surface area contributed by atoms with Crippen LogP contribution in [0.5, 0.6) is 0 Å². The molecule has 1 aliphatic heterocycles. The summed E-state index contributed by atoms with van der Waals surface area (Å²) in [6.45, 7) is 9.65. The van der Waals surface area contributed by atoms with E-state index in [-0.39, 0.29) is 31.1 Å². The highest BCUT2D eigenvalue weighted by molar-refractivity contribution is 8.78. The van der Waals surface area contributed by atoms with Crippen LogP contribution in [0.15, 0.2) is 35.8 Å². The summed E-state index contributed by atoms with van der Waals surface area (Å²) in [4.78, 5) is 44.5. The van der Waals surface area contributed by atoms with Crippen molar-refractivity contribution in [3.63, 3.8) is 0 Å². The molecule has 1 rings (SSSR count). The van der Waals surface area contributed by atoms with Crippen molar-refractivity contribution in [2.24, 2.45) is 0 Å². The van der Waals surface area contributed by atoms with E-state index in [1.54, 1.807) is 22.9 Å². The molecule has 0 bridgehead atoms. The fourth-order valence-corrected chi connectivity index (χ4v) is 4.47. The Bertz CT molecular complexity index is 574. The molecule has 1 unspecified atom stereocenters. The van der Waals surface area contributed by atoms with Gasteiger partial charge in [0.05, 0.1) is 6.61 Å². The molecule has 1 saturated heterocycles. The molecule has 1 atom stereocenters. The maximum Gasteiger partial charge on any atom is 0.333 e. The van der Waals surface area contributed by atoms with Gasteiger partial charge in [0.1, 0.15) is 0 Å². The average Bonchev–Trinajstić information content (AvgIpc) is 2.94. The van der Waals surface area contributed by atoms with E-state index in [9.17, 15) is 14.4 Å². The Hall–Kier alpha value is -1.55. The van der Waals surface area contributed by atoms with Crippen molar-refractivity contribution < 1.29 is 29.4 Å². The molecule has 0 radical (unpaired) electrons. The number of hydroxylamine groups is 2. The normalized spacial score (nSPS) is 16.3. The third-order valence-corrected chi connectivity index (χ3v) is 6.55. The van der Waals surface area contributed by atoms with Crippen molar-refractivity contribution in [1.82, 2.24) is 5.06 Å². The highest BCUT2D eigenvalue weighted by Crippen LogP contribution is 2.38. The quantitative estimate of drug-likeness (QED) is 0.174. The van der Waals surface area contributed by atoms with Crippen molar-refractivity contribution >= 4 is 39.4 Å². The van der Waals surface area contributed by atoms with Gasteiger partial charge in [-0.1, -0.05) is 53.8 Å². The number of carbonyl (C=O) groups is 3. The second-order valence-electron chi connectivity index (χ2n) is 5.45. The molecule has 1 N–H and O–H groups in total. The SMILES string of the molecule is C=C/C(CCOO)=C(\C=C)SSC(C)CCC(=O)ON1C(=O)CCC1=O. The second kappa shape index (κ2) is 11.9. The van der Waals surface area contributed by atoms with Crippen LogP contribution in [0.2, 0.25) is 0 Å². The van der Waals surface area contributed by atoms with Gasteiger partial charge in [0, 0.05) is 35.8 Å². The van der Waals surface area contributed by atoms with Crippen LogP contribution in [0, 0.1) is 0 Å². The first-order valence-corrected chi connectivity index (χ1v) is 10.3. The number of imide groups is 1. The molecule has 1 heterocycles. The molecule has 0 spiro atoms.